The second kappa shape index (κ2) is 5.46. The van der Waals surface area contributed by atoms with E-state index < -0.39 is 12.2 Å². The van der Waals surface area contributed by atoms with Crippen LogP contribution in [0.15, 0.2) is 24.3 Å². The zero-order valence-electron chi connectivity index (χ0n) is 10.5. The Balaban J connectivity index is 2.25. The van der Waals surface area contributed by atoms with Gasteiger partial charge in [-0.2, -0.15) is 0 Å². The molecule has 0 bridgehead atoms. The fourth-order valence-corrected chi connectivity index (χ4v) is 1.91. The number of ether oxygens (including phenoxy) is 1. The van der Waals surface area contributed by atoms with E-state index in [1.165, 1.54) is 19.1 Å². The van der Waals surface area contributed by atoms with Crippen LogP contribution in [-0.4, -0.2) is 37.4 Å². The number of halogens is 1. The van der Waals surface area contributed by atoms with Gasteiger partial charge in [0.25, 0.3) is 0 Å². The molecule has 1 fully saturated rings. The van der Waals surface area contributed by atoms with Gasteiger partial charge in [0.15, 0.2) is 6.23 Å². The molecule has 1 atom stereocenters. The third kappa shape index (κ3) is 2.80. The van der Waals surface area contributed by atoms with Gasteiger partial charge in [0.2, 0.25) is 0 Å². The van der Waals surface area contributed by atoms with Gasteiger partial charge in [0.1, 0.15) is 0 Å². The van der Waals surface area contributed by atoms with E-state index in [0.717, 1.165) is 5.06 Å². The molecule has 2 rings (SSSR count). The number of carbonyl (C=O) groups excluding carboxylic acids is 2. The Labute approximate surface area is 115 Å². The SMILES string of the molecule is COC(=O)CC1ON(C)C(=O)N1c1ccc(Cl)cc1. The first kappa shape index (κ1) is 13.6. The van der Waals surface area contributed by atoms with Crippen molar-refractivity contribution >= 4 is 29.3 Å². The lowest BCUT2D eigenvalue weighted by molar-refractivity contribution is -0.150. The summed E-state index contributed by atoms with van der Waals surface area (Å²) in [6.07, 6.45) is -0.763. The number of carbonyl (C=O) groups is 2. The van der Waals surface area contributed by atoms with Gasteiger partial charge in [-0.15, -0.1) is 0 Å². The number of benzene rings is 1. The maximum atomic E-state index is 12.0. The van der Waals surface area contributed by atoms with Crippen LogP contribution in [0.1, 0.15) is 6.42 Å². The average Bonchev–Trinajstić information content (AvgIpc) is 2.66. The Hall–Kier alpha value is -1.79. The summed E-state index contributed by atoms with van der Waals surface area (Å²) >= 11 is 5.81. The van der Waals surface area contributed by atoms with Crippen LogP contribution in [0.4, 0.5) is 10.5 Å². The van der Waals surface area contributed by atoms with Gasteiger partial charge in [-0.25, -0.2) is 14.7 Å². The number of methoxy groups -OCH3 is 1. The van der Waals surface area contributed by atoms with Crippen molar-refractivity contribution in [1.29, 1.82) is 0 Å². The normalized spacial score (nSPS) is 18.9. The molecule has 0 spiro atoms. The van der Waals surface area contributed by atoms with Gasteiger partial charge in [-0.1, -0.05) is 11.6 Å². The molecule has 0 radical (unpaired) electrons. The van der Waals surface area contributed by atoms with E-state index >= 15 is 0 Å². The number of esters is 1. The smallest absolute Gasteiger partial charge is 0.350 e. The van der Waals surface area contributed by atoms with E-state index in [1.54, 1.807) is 24.3 Å². The van der Waals surface area contributed by atoms with Crippen molar-refractivity contribution in [3.8, 4) is 0 Å². The van der Waals surface area contributed by atoms with E-state index in [2.05, 4.69) is 4.74 Å². The summed E-state index contributed by atoms with van der Waals surface area (Å²) in [6, 6.07) is 6.35. The number of hydrogen-bond acceptors (Lipinski definition) is 4. The molecule has 1 aliphatic rings. The van der Waals surface area contributed by atoms with E-state index in [-0.39, 0.29) is 12.5 Å². The number of rotatable bonds is 3. The lowest BCUT2D eigenvalue weighted by Crippen LogP contribution is -2.35. The highest BCUT2D eigenvalue weighted by Gasteiger charge is 2.39. The second-order valence-electron chi connectivity index (χ2n) is 3.97. The van der Waals surface area contributed by atoms with Crippen LogP contribution in [-0.2, 0) is 14.4 Å². The van der Waals surface area contributed by atoms with Gasteiger partial charge in [-0.3, -0.25) is 9.69 Å². The van der Waals surface area contributed by atoms with Crippen molar-refractivity contribution in [3.05, 3.63) is 29.3 Å². The molecule has 0 aliphatic carbocycles. The molecular formula is C12H13ClN2O4. The highest BCUT2D eigenvalue weighted by Crippen LogP contribution is 2.28. The number of hydrogen-bond donors (Lipinski definition) is 0. The second-order valence-corrected chi connectivity index (χ2v) is 4.40. The molecule has 1 heterocycles. The molecule has 6 nitrogen and oxygen atoms in total. The maximum absolute atomic E-state index is 12.0. The highest BCUT2D eigenvalue weighted by atomic mass is 35.5. The molecule has 7 heteroatoms. The average molecular weight is 285 g/mol. The van der Waals surface area contributed by atoms with Gasteiger partial charge in [0, 0.05) is 17.8 Å². The third-order valence-electron chi connectivity index (χ3n) is 2.72. The van der Waals surface area contributed by atoms with Crippen LogP contribution >= 0.6 is 11.6 Å². The van der Waals surface area contributed by atoms with Gasteiger partial charge in [0.05, 0.1) is 13.5 Å². The van der Waals surface area contributed by atoms with Crippen molar-refractivity contribution in [3.63, 3.8) is 0 Å². The van der Waals surface area contributed by atoms with Crippen LogP contribution < -0.4 is 4.90 Å². The van der Waals surface area contributed by atoms with Crippen LogP contribution in [0.2, 0.25) is 5.02 Å². The molecule has 1 aromatic rings. The molecular weight excluding hydrogens is 272 g/mol. The molecule has 0 aromatic heterocycles. The number of anilines is 1. The minimum absolute atomic E-state index is 0.0464. The maximum Gasteiger partial charge on any atom is 0.350 e. The lowest BCUT2D eigenvalue weighted by atomic mass is 10.2. The lowest BCUT2D eigenvalue weighted by Gasteiger charge is -2.19. The molecule has 1 aliphatic heterocycles. The first-order valence-corrected chi connectivity index (χ1v) is 5.97. The van der Waals surface area contributed by atoms with Crippen molar-refractivity contribution in [1.82, 2.24) is 5.06 Å². The molecule has 1 aromatic carbocycles. The standard InChI is InChI=1S/C12H13ClN2O4/c1-14-12(17)15(9-5-3-8(13)4-6-9)10(19-14)7-11(16)18-2/h3-6,10H,7H2,1-2H3. The number of amides is 2. The monoisotopic (exact) mass is 284 g/mol. The summed E-state index contributed by atoms with van der Waals surface area (Å²) in [7, 11) is 2.78. The predicted octanol–water partition coefficient (Wildman–Crippen LogP) is 2.03. The van der Waals surface area contributed by atoms with Crippen molar-refractivity contribution in [2.75, 3.05) is 19.1 Å². The van der Waals surface area contributed by atoms with Crippen LogP contribution in [0, 0.1) is 0 Å². The topological polar surface area (TPSA) is 59.1 Å². The predicted molar refractivity (Wildman–Crippen MR) is 68.6 cm³/mol. The summed E-state index contributed by atoms with van der Waals surface area (Å²) in [4.78, 5) is 30.0. The summed E-state index contributed by atoms with van der Waals surface area (Å²) in [6.45, 7) is 0. The Morgan fingerprint density at radius 1 is 1.42 bits per heavy atom. The molecule has 2 amide bonds. The molecule has 102 valence electrons. The Morgan fingerprint density at radius 3 is 2.63 bits per heavy atom. The zero-order valence-corrected chi connectivity index (χ0v) is 11.3. The van der Waals surface area contributed by atoms with Crippen molar-refractivity contribution in [2.45, 2.75) is 12.6 Å². The molecule has 1 unspecified atom stereocenters. The number of nitrogens with zero attached hydrogens (tertiary/aromatic N) is 2. The third-order valence-corrected chi connectivity index (χ3v) is 2.97. The van der Waals surface area contributed by atoms with Gasteiger partial charge < -0.3 is 4.74 Å². The van der Waals surface area contributed by atoms with Gasteiger partial charge >= 0.3 is 12.0 Å². The summed E-state index contributed by atoms with van der Waals surface area (Å²) in [5, 5.41) is 1.65. The van der Waals surface area contributed by atoms with Crippen molar-refractivity contribution < 1.29 is 19.2 Å². The Morgan fingerprint density at radius 2 is 2.05 bits per heavy atom. The minimum atomic E-state index is -0.717. The fourth-order valence-electron chi connectivity index (χ4n) is 1.78. The molecule has 0 saturated carbocycles. The zero-order chi connectivity index (χ0) is 14.0. The van der Waals surface area contributed by atoms with Crippen LogP contribution in [0.3, 0.4) is 0 Å². The molecule has 19 heavy (non-hydrogen) atoms. The molecule has 1 saturated heterocycles. The fraction of sp³-hybridized carbons (Fsp3) is 0.333. The summed E-state index contributed by atoms with van der Waals surface area (Å²) in [5.41, 5.74) is 0.604. The first-order chi connectivity index (χ1) is 9.02. The van der Waals surface area contributed by atoms with E-state index in [0.29, 0.717) is 10.7 Å². The summed E-state index contributed by atoms with van der Waals surface area (Å²) < 4.78 is 4.59. The quantitative estimate of drug-likeness (QED) is 0.797. The van der Waals surface area contributed by atoms with E-state index in [4.69, 9.17) is 16.4 Å². The summed E-state index contributed by atoms with van der Waals surface area (Å²) in [5.74, 6) is -0.452. The van der Waals surface area contributed by atoms with Gasteiger partial charge in [-0.05, 0) is 24.3 Å². The first-order valence-electron chi connectivity index (χ1n) is 5.59. The number of hydroxylamine groups is 2. The highest BCUT2D eigenvalue weighted by molar-refractivity contribution is 6.30. The largest absolute Gasteiger partial charge is 0.469 e. The van der Waals surface area contributed by atoms with Crippen molar-refractivity contribution in [2.24, 2.45) is 0 Å². The van der Waals surface area contributed by atoms with E-state index in [1.807, 2.05) is 0 Å². The Kier molecular flexibility index (Phi) is 3.92. The minimum Gasteiger partial charge on any atom is -0.469 e. The molecule has 0 N–H and O–H groups in total. The van der Waals surface area contributed by atoms with E-state index in [9.17, 15) is 9.59 Å². The van der Waals surface area contributed by atoms with Crippen LogP contribution in [0.5, 0.6) is 0 Å². The van der Waals surface area contributed by atoms with Crippen LogP contribution in [0.25, 0.3) is 0 Å². The number of urea groups is 1. The Bertz CT molecular complexity index is 491.